The number of nitrogens with zero attached hydrogens (tertiary/aromatic N) is 1. The molecule has 1 N–H and O–H groups in total. The van der Waals surface area contributed by atoms with Crippen LogP contribution in [0.25, 0.3) is 0 Å². The van der Waals surface area contributed by atoms with Gasteiger partial charge in [0.2, 0.25) is 0 Å². The molecule has 0 atom stereocenters. The number of aryl methyl sites for hydroxylation is 3. The summed E-state index contributed by atoms with van der Waals surface area (Å²) in [7, 11) is 0. The van der Waals surface area contributed by atoms with E-state index in [9.17, 15) is 0 Å². The topological polar surface area (TPSA) is 24.4 Å². The van der Waals surface area contributed by atoms with Gasteiger partial charge in [0, 0.05) is 11.9 Å². The van der Waals surface area contributed by atoms with E-state index in [0.29, 0.717) is 0 Å². The molecule has 0 spiro atoms. The lowest BCUT2D eigenvalue weighted by molar-refractivity contribution is 1.14. The van der Waals surface area contributed by atoms with Gasteiger partial charge in [0.15, 0.2) is 0 Å². The van der Waals surface area contributed by atoms with Gasteiger partial charge in [-0.25, -0.2) is 0 Å². The SMILES string of the molecule is CCc1cccc(N=Cc2ccccc2[CH2][Al]([CH3])[NH]c2c(C)cccc2C)c1. The number of aliphatic imine (C=N–C) groups is 1. The van der Waals surface area contributed by atoms with Crippen LogP contribution in [-0.2, 0) is 11.7 Å². The molecule has 0 aliphatic rings. The molecule has 0 aliphatic heterocycles. The second-order valence-corrected chi connectivity index (χ2v) is 10.00. The normalized spacial score (nSPS) is 11.0. The highest BCUT2D eigenvalue weighted by Gasteiger charge is 2.16. The molecule has 0 aliphatic carbocycles. The van der Waals surface area contributed by atoms with Crippen LogP contribution in [0.15, 0.2) is 71.7 Å². The van der Waals surface area contributed by atoms with Crippen LogP contribution < -0.4 is 4.30 Å². The molecule has 0 unspecified atom stereocenters. The summed E-state index contributed by atoms with van der Waals surface area (Å²) in [6.07, 6.45) is 3.05. The summed E-state index contributed by atoms with van der Waals surface area (Å²) < 4.78 is 3.84. The first-order chi connectivity index (χ1) is 13.6. The molecule has 3 aromatic carbocycles. The van der Waals surface area contributed by atoms with E-state index in [2.05, 4.69) is 97.6 Å². The highest BCUT2D eigenvalue weighted by atomic mass is 27.2. The van der Waals surface area contributed by atoms with Crippen molar-refractivity contribution in [3.8, 4) is 0 Å². The van der Waals surface area contributed by atoms with Crippen molar-refractivity contribution in [2.24, 2.45) is 4.99 Å². The van der Waals surface area contributed by atoms with Crippen molar-refractivity contribution < 1.29 is 0 Å². The first kappa shape index (κ1) is 20.4. The average Bonchev–Trinajstić information content (AvgIpc) is 2.70. The standard InChI is InChI=1S/C16H16N.C8H10N.CH3.Al/c1-3-14-8-6-10-16(11-14)17-12-15-9-5-4-7-13(15)2;1-6-4-3-5-7(2)8(6)9;;/h4-12H,2-3H2,1H3;3-5,9H,1-2H3;1H3;/q;-1;;+1. The minimum absolute atomic E-state index is 1.02. The van der Waals surface area contributed by atoms with Crippen molar-refractivity contribution in [1.29, 1.82) is 0 Å². The number of nitrogens with one attached hydrogen (secondary N) is 1. The molecule has 3 heteroatoms. The second-order valence-electron chi connectivity index (χ2n) is 7.50. The Balaban J connectivity index is 1.75. The van der Waals surface area contributed by atoms with Crippen molar-refractivity contribution in [2.45, 2.75) is 38.3 Å². The summed E-state index contributed by atoms with van der Waals surface area (Å²) in [5.74, 6) is 2.38. The van der Waals surface area contributed by atoms with E-state index in [-0.39, 0.29) is 0 Å². The minimum atomic E-state index is -1.16. The lowest BCUT2D eigenvalue weighted by Gasteiger charge is -2.17. The summed E-state index contributed by atoms with van der Waals surface area (Å²) in [5, 5.41) is 1.09. The van der Waals surface area contributed by atoms with Gasteiger partial charge in [-0.05, 0) is 59.9 Å². The highest BCUT2D eigenvalue weighted by molar-refractivity contribution is 6.60. The van der Waals surface area contributed by atoms with E-state index >= 15 is 0 Å². The van der Waals surface area contributed by atoms with Crippen LogP contribution in [0, 0.1) is 13.8 Å². The van der Waals surface area contributed by atoms with Crippen LogP contribution in [0.4, 0.5) is 11.4 Å². The first-order valence-electron chi connectivity index (χ1n) is 10.1. The Labute approximate surface area is 174 Å². The van der Waals surface area contributed by atoms with Crippen molar-refractivity contribution in [1.82, 2.24) is 0 Å². The third kappa shape index (κ3) is 5.35. The van der Waals surface area contributed by atoms with E-state index in [1.54, 1.807) is 0 Å². The highest BCUT2D eigenvalue weighted by Crippen LogP contribution is 2.21. The molecule has 3 aromatic rings. The van der Waals surface area contributed by atoms with Crippen LogP contribution >= 0.6 is 0 Å². The van der Waals surface area contributed by atoms with Gasteiger partial charge in [0.1, 0.15) is 0 Å². The second kappa shape index (κ2) is 9.74. The molecule has 0 fully saturated rings. The molecule has 3 rings (SSSR count). The molecule has 142 valence electrons. The van der Waals surface area contributed by atoms with Gasteiger partial charge in [-0.15, -0.1) is 0 Å². The molecule has 0 amide bonds. The number of para-hydroxylation sites is 1. The summed E-state index contributed by atoms with van der Waals surface area (Å²) in [5.41, 5.74) is 8.89. The maximum absolute atomic E-state index is 4.74. The van der Waals surface area contributed by atoms with Gasteiger partial charge >= 0.3 is 14.4 Å². The van der Waals surface area contributed by atoms with Gasteiger partial charge in [-0.1, -0.05) is 72.9 Å². The van der Waals surface area contributed by atoms with Crippen LogP contribution in [0.1, 0.15) is 34.7 Å². The number of benzene rings is 3. The smallest absolute Gasteiger partial charge is 0.412 e. The zero-order chi connectivity index (χ0) is 19.9. The van der Waals surface area contributed by atoms with E-state index in [4.69, 9.17) is 4.99 Å². The maximum atomic E-state index is 4.74. The molecule has 0 bridgehead atoms. The molecule has 0 aromatic heterocycles. The maximum Gasteiger partial charge on any atom is 0.412 e. The predicted molar refractivity (Wildman–Crippen MR) is 124 cm³/mol. The molecule has 28 heavy (non-hydrogen) atoms. The fourth-order valence-corrected chi connectivity index (χ4v) is 5.60. The van der Waals surface area contributed by atoms with Crippen molar-refractivity contribution in [3.63, 3.8) is 0 Å². The average molecular weight is 385 g/mol. The van der Waals surface area contributed by atoms with Crippen LogP contribution in [0.5, 0.6) is 0 Å². The fraction of sp³-hybridized carbons (Fsp3) is 0.240. The van der Waals surface area contributed by atoms with Gasteiger partial charge in [-0.3, -0.25) is 4.99 Å². The van der Waals surface area contributed by atoms with Crippen LogP contribution in [0.2, 0.25) is 5.79 Å². The quantitative estimate of drug-likeness (QED) is 0.368. The third-order valence-corrected chi connectivity index (χ3v) is 6.96. The molecule has 0 saturated heterocycles. The summed E-state index contributed by atoms with van der Waals surface area (Å²) >= 11 is -1.16. The van der Waals surface area contributed by atoms with Gasteiger partial charge < -0.3 is 4.30 Å². The van der Waals surface area contributed by atoms with Crippen molar-refractivity contribution in [2.75, 3.05) is 4.30 Å². The Morgan fingerprint density at radius 2 is 1.64 bits per heavy atom. The summed E-state index contributed by atoms with van der Waals surface area (Å²) in [6.45, 7) is 6.54. The molecular weight excluding hydrogens is 355 g/mol. The Bertz CT molecular complexity index is 942. The molecule has 0 saturated carbocycles. The monoisotopic (exact) mass is 384 g/mol. The Morgan fingerprint density at radius 3 is 2.39 bits per heavy atom. The number of anilines is 1. The lowest BCUT2D eigenvalue weighted by atomic mass is 10.1. The lowest BCUT2D eigenvalue weighted by Crippen LogP contribution is -2.25. The van der Waals surface area contributed by atoms with E-state index < -0.39 is 14.4 Å². The predicted octanol–water partition coefficient (Wildman–Crippen LogP) is 6.43. The van der Waals surface area contributed by atoms with Crippen LogP contribution in [0.3, 0.4) is 0 Å². The summed E-state index contributed by atoms with van der Waals surface area (Å²) in [6, 6.07) is 23.6. The van der Waals surface area contributed by atoms with E-state index in [1.165, 1.54) is 33.5 Å². The largest absolute Gasteiger partial charge is 0.476 e. The first-order valence-corrected chi connectivity index (χ1v) is 12.7. The zero-order valence-corrected chi connectivity index (χ0v) is 18.5. The summed E-state index contributed by atoms with van der Waals surface area (Å²) in [4.78, 5) is 4.74. The minimum Gasteiger partial charge on any atom is -0.476 e. The van der Waals surface area contributed by atoms with Gasteiger partial charge in [0.25, 0.3) is 0 Å². The fourth-order valence-electron chi connectivity index (χ4n) is 3.52. The Morgan fingerprint density at radius 1 is 0.929 bits per heavy atom. The van der Waals surface area contributed by atoms with Gasteiger partial charge in [-0.2, -0.15) is 0 Å². The number of hydrogen-bond donors (Lipinski definition) is 1. The molecular formula is C25H29AlN2. The van der Waals surface area contributed by atoms with E-state index in [0.717, 1.165) is 17.4 Å². The molecule has 0 radical (unpaired) electrons. The number of rotatable bonds is 7. The Kier molecular flexibility index (Phi) is 7.09. The van der Waals surface area contributed by atoms with E-state index in [1.807, 2.05) is 6.21 Å². The molecule has 2 nitrogen and oxygen atoms in total. The third-order valence-electron chi connectivity index (χ3n) is 5.12. The number of hydrogen-bond acceptors (Lipinski definition) is 2. The van der Waals surface area contributed by atoms with Crippen molar-refractivity contribution >= 4 is 32.0 Å². The van der Waals surface area contributed by atoms with Crippen LogP contribution in [-0.4, -0.2) is 20.6 Å². The van der Waals surface area contributed by atoms with Gasteiger partial charge in [0.05, 0.1) is 5.69 Å². The molecule has 0 heterocycles. The zero-order valence-electron chi connectivity index (χ0n) is 17.4. The van der Waals surface area contributed by atoms with Crippen molar-refractivity contribution in [3.05, 3.63) is 94.5 Å². The Hall–Kier alpha value is -2.34.